The highest BCUT2D eigenvalue weighted by atomic mass is 19.1. The van der Waals surface area contributed by atoms with Crippen LogP contribution in [0.2, 0.25) is 0 Å². The lowest BCUT2D eigenvalue weighted by molar-refractivity contribution is 0.575. The van der Waals surface area contributed by atoms with Gasteiger partial charge in [0.2, 0.25) is 0 Å². The van der Waals surface area contributed by atoms with Crippen molar-refractivity contribution in [2.45, 2.75) is 46.2 Å². The molecule has 1 saturated carbocycles. The van der Waals surface area contributed by atoms with Crippen molar-refractivity contribution in [2.24, 2.45) is 5.92 Å². The van der Waals surface area contributed by atoms with E-state index in [1.54, 1.807) is 6.07 Å². The highest BCUT2D eigenvalue weighted by Crippen LogP contribution is 2.31. The average molecular weight is 265 g/mol. The van der Waals surface area contributed by atoms with Crippen molar-refractivity contribution in [3.63, 3.8) is 0 Å². The number of hydrogen-bond acceptors (Lipinski definition) is 3. The quantitative estimate of drug-likeness (QED) is 0.821. The van der Waals surface area contributed by atoms with E-state index in [9.17, 15) is 4.39 Å². The fourth-order valence-corrected chi connectivity index (χ4v) is 2.18. The maximum Gasteiger partial charge on any atom is 0.141 e. The summed E-state index contributed by atoms with van der Waals surface area (Å²) in [6.07, 6.45) is 3.96. The summed E-state index contributed by atoms with van der Waals surface area (Å²) in [5, 5.41) is 3.34. The molecule has 1 aromatic rings. The molecule has 0 aliphatic heterocycles. The molecule has 0 spiro atoms. The molecule has 1 aliphatic rings. The Morgan fingerprint density at radius 3 is 2.79 bits per heavy atom. The molecule has 0 amide bonds. The first-order chi connectivity index (χ1) is 9.10. The third-order valence-corrected chi connectivity index (χ3v) is 3.47. The minimum atomic E-state index is -0.258. The van der Waals surface area contributed by atoms with E-state index in [-0.39, 0.29) is 5.82 Å². The van der Waals surface area contributed by atoms with Gasteiger partial charge in [0.05, 0.1) is 6.20 Å². The number of rotatable bonds is 7. The second-order valence-electron chi connectivity index (χ2n) is 5.65. The van der Waals surface area contributed by atoms with E-state index in [0.29, 0.717) is 12.6 Å². The lowest BCUT2D eigenvalue weighted by Gasteiger charge is -2.25. The molecule has 3 nitrogen and oxygen atoms in total. The van der Waals surface area contributed by atoms with Crippen LogP contribution in [0.25, 0.3) is 0 Å². The zero-order valence-corrected chi connectivity index (χ0v) is 12.1. The van der Waals surface area contributed by atoms with Gasteiger partial charge in [0.1, 0.15) is 11.6 Å². The first-order valence-corrected chi connectivity index (χ1v) is 7.23. The van der Waals surface area contributed by atoms with Crippen molar-refractivity contribution in [3.05, 3.63) is 23.6 Å². The minimum Gasteiger partial charge on any atom is -0.356 e. The Balaban J connectivity index is 2.15. The van der Waals surface area contributed by atoms with Crippen LogP contribution in [-0.4, -0.2) is 24.1 Å². The predicted octanol–water partition coefficient (Wildman–Crippen LogP) is 2.96. The molecule has 1 aromatic heterocycles. The standard InChI is InChI=1S/C15H24FN3/c1-4-19(10-12-5-6-12)15-13(8-17-11(2)3)7-14(16)9-18-15/h7,9,11-12,17H,4-6,8,10H2,1-3H3. The Labute approximate surface area is 115 Å². The van der Waals surface area contributed by atoms with Crippen molar-refractivity contribution in [2.75, 3.05) is 18.0 Å². The lowest BCUT2D eigenvalue weighted by atomic mass is 10.2. The molecule has 19 heavy (non-hydrogen) atoms. The highest BCUT2D eigenvalue weighted by molar-refractivity contribution is 5.47. The first-order valence-electron chi connectivity index (χ1n) is 7.23. The third kappa shape index (κ3) is 4.16. The Kier molecular flexibility index (Phi) is 4.75. The zero-order valence-electron chi connectivity index (χ0n) is 12.1. The number of nitrogens with zero attached hydrogens (tertiary/aromatic N) is 2. The van der Waals surface area contributed by atoms with Crippen LogP contribution in [-0.2, 0) is 6.54 Å². The predicted molar refractivity (Wildman–Crippen MR) is 76.8 cm³/mol. The largest absolute Gasteiger partial charge is 0.356 e. The Morgan fingerprint density at radius 1 is 1.47 bits per heavy atom. The van der Waals surface area contributed by atoms with Gasteiger partial charge in [0, 0.05) is 31.2 Å². The van der Waals surface area contributed by atoms with Gasteiger partial charge in [-0.1, -0.05) is 13.8 Å². The van der Waals surface area contributed by atoms with E-state index in [4.69, 9.17) is 0 Å². The summed E-state index contributed by atoms with van der Waals surface area (Å²) >= 11 is 0. The molecule has 1 fully saturated rings. The molecule has 0 saturated heterocycles. The van der Waals surface area contributed by atoms with Crippen molar-refractivity contribution >= 4 is 5.82 Å². The fraction of sp³-hybridized carbons (Fsp3) is 0.667. The molecule has 106 valence electrons. The van der Waals surface area contributed by atoms with Gasteiger partial charge < -0.3 is 10.2 Å². The summed E-state index contributed by atoms with van der Waals surface area (Å²) in [6.45, 7) is 8.95. The second-order valence-corrected chi connectivity index (χ2v) is 5.65. The van der Waals surface area contributed by atoms with E-state index in [2.05, 4.69) is 36.0 Å². The van der Waals surface area contributed by atoms with Gasteiger partial charge in [0.25, 0.3) is 0 Å². The molecule has 0 unspecified atom stereocenters. The van der Waals surface area contributed by atoms with Crippen LogP contribution in [0.1, 0.15) is 39.2 Å². The van der Waals surface area contributed by atoms with Crippen LogP contribution in [0.5, 0.6) is 0 Å². The molecule has 1 aliphatic carbocycles. The molecule has 0 bridgehead atoms. The monoisotopic (exact) mass is 265 g/mol. The van der Waals surface area contributed by atoms with Crippen LogP contribution in [0.15, 0.2) is 12.3 Å². The molecule has 1 heterocycles. The molecule has 1 N–H and O–H groups in total. The van der Waals surface area contributed by atoms with Crippen LogP contribution in [0.3, 0.4) is 0 Å². The van der Waals surface area contributed by atoms with Gasteiger partial charge in [-0.2, -0.15) is 0 Å². The van der Waals surface area contributed by atoms with Gasteiger partial charge in [-0.25, -0.2) is 9.37 Å². The number of halogens is 1. The molecular formula is C15H24FN3. The van der Waals surface area contributed by atoms with E-state index < -0.39 is 0 Å². The molecule has 2 rings (SSSR count). The summed E-state index contributed by atoms with van der Waals surface area (Å²) in [5.74, 6) is 1.48. The number of pyridine rings is 1. The molecule has 4 heteroatoms. The zero-order chi connectivity index (χ0) is 13.8. The first kappa shape index (κ1) is 14.3. The van der Waals surface area contributed by atoms with Crippen LogP contribution in [0.4, 0.5) is 10.2 Å². The van der Waals surface area contributed by atoms with Gasteiger partial charge in [-0.15, -0.1) is 0 Å². The van der Waals surface area contributed by atoms with Crippen molar-refractivity contribution < 1.29 is 4.39 Å². The lowest BCUT2D eigenvalue weighted by Crippen LogP contribution is -2.29. The van der Waals surface area contributed by atoms with E-state index >= 15 is 0 Å². The summed E-state index contributed by atoms with van der Waals surface area (Å²) in [6, 6.07) is 1.99. The molecular weight excluding hydrogens is 241 g/mol. The Bertz CT molecular complexity index is 416. The van der Waals surface area contributed by atoms with Crippen molar-refractivity contribution in [1.29, 1.82) is 0 Å². The molecule has 0 radical (unpaired) electrons. The number of nitrogens with one attached hydrogen (secondary N) is 1. The summed E-state index contributed by atoms with van der Waals surface area (Å²) < 4.78 is 13.4. The Morgan fingerprint density at radius 2 is 2.21 bits per heavy atom. The molecule has 0 atom stereocenters. The smallest absolute Gasteiger partial charge is 0.141 e. The summed E-state index contributed by atoms with van der Waals surface area (Å²) in [4.78, 5) is 6.59. The van der Waals surface area contributed by atoms with Gasteiger partial charge in [-0.3, -0.25) is 0 Å². The Hall–Kier alpha value is -1.16. The topological polar surface area (TPSA) is 28.2 Å². The van der Waals surface area contributed by atoms with Gasteiger partial charge in [0.15, 0.2) is 0 Å². The van der Waals surface area contributed by atoms with Gasteiger partial charge >= 0.3 is 0 Å². The summed E-state index contributed by atoms with van der Waals surface area (Å²) in [5.41, 5.74) is 0.955. The maximum atomic E-state index is 13.4. The summed E-state index contributed by atoms with van der Waals surface area (Å²) in [7, 11) is 0. The maximum absolute atomic E-state index is 13.4. The molecule has 0 aromatic carbocycles. The number of aromatic nitrogens is 1. The number of anilines is 1. The van der Waals surface area contributed by atoms with Crippen molar-refractivity contribution in [3.8, 4) is 0 Å². The fourth-order valence-electron chi connectivity index (χ4n) is 2.18. The normalized spacial score (nSPS) is 15.0. The van der Waals surface area contributed by atoms with Gasteiger partial charge in [-0.05, 0) is 31.7 Å². The third-order valence-electron chi connectivity index (χ3n) is 3.47. The SMILES string of the molecule is CCN(CC1CC1)c1ncc(F)cc1CNC(C)C. The average Bonchev–Trinajstić information content (AvgIpc) is 3.18. The van der Waals surface area contributed by atoms with Crippen LogP contribution >= 0.6 is 0 Å². The minimum absolute atomic E-state index is 0.258. The second kappa shape index (κ2) is 6.33. The highest BCUT2D eigenvalue weighted by Gasteiger charge is 2.25. The van der Waals surface area contributed by atoms with Crippen LogP contribution < -0.4 is 10.2 Å². The number of hydrogen-bond donors (Lipinski definition) is 1. The van der Waals surface area contributed by atoms with E-state index in [0.717, 1.165) is 30.4 Å². The van der Waals surface area contributed by atoms with Crippen LogP contribution in [0, 0.1) is 11.7 Å². The van der Waals surface area contributed by atoms with E-state index in [1.807, 2.05) is 0 Å². The van der Waals surface area contributed by atoms with E-state index in [1.165, 1.54) is 19.0 Å². The van der Waals surface area contributed by atoms with Crippen molar-refractivity contribution in [1.82, 2.24) is 10.3 Å².